The summed E-state index contributed by atoms with van der Waals surface area (Å²) in [5.74, 6) is -0.988. The zero-order valence-electron chi connectivity index (χ0n) is 18.1. The highest BCUT2D eigenvalue weighted by Crippen LogP contribution is 2.36. The molecule has 4 rings (SSSR count). The van der Waals surface area contributed by atoms with Crippen LogP contribution in [0.15, 0.2) is 59.6 Å². The zero-order valence-corrected chi connectivity index (χ0v) is 20.5. The number of halogens is 1. The number of carboxylic acid groups (broad SMARTS) is 1. The maximum Gasteiger partial charge on any atom is 0.323 e. The van der Waals surface area contributed by atoms with Gasteiger partial charge in [0.1, 0.15) is 22.3 Å². The van der Waals surface area contributed by atoms with Gasteiger partial charge in [0.15, 0.2) is 0 Å². The summed E-state index contributed by atoms with van der Waals surface area (Å²) in [6, 6.07) is 15.0. The number of carbonyl (C=O) groups is 2. The molecule has 10 heteroatoms. The minimum Gasteiger partial charge on any atom is -0.492 e. The van der Waals surface area contributed by atoms with Gasteiger partial charge < -0.3 is 9.84 Å². The Labute approximate surface area is 211 Å². The molecule has 1 aliphatic rings. The number of para-hydroxylation sites is 1. The van der Waals surface area contributed by atoms with Crippen molar-refractivity contribution in [3.63, 3.8) is 0 Å². The lowest BCUT2D eigenvalue weighted by Gasteiger charge is -2.10. The van der Waals surface area contributed by atoms with Gasteiger partial charge in [0, 0.05) is 17.3 Å². The summed E-state index contributed by atoms with van der Waals surface area (Å²) >= 11 is 12.7. The highest BCUT2D eigenvalue weighted by atomic mass is 35.5. The van der Waals surface area contributed by atoms with Crippen LogP contribution in [0.2, 0.25) is 5.02 Å². The highest BCUT2D eigenvalue weighted by Gasteiger charge is 2.33. The number of rotatable bonds is 8. The molecule has 0 aliphatic carbocycles. The van der Waals surface area contributed by atoms with E-state index in [-0.39, 0.29) is 4.32 Å². The van der Waals surface area contributed by atoms with Gasteiger partial charge >= 0.3 is 5.97 Å². The van der Waals surface area contributed by atoms with Crippen molar-refractivity contribution in [3.05, 3.63) is 70.2 Å². The lowest BCUT2D eigenvalue weighted by Crippen LogP contribution is -2.33. The van der Waals surface area contributed by atoms with Crippen molar-refractivity contribution in [2.45, 2.75) is 13.3 Å². The molecule has 0 radical (unpaired) electrons. The third kappa shape index (κ3) is 5.16. The molecule has 1 fully saturated rings. The Kier molecular flexibility index (Phi) is 7.35. The summed E-state index contributed by atoms with van der Waals surface area (Å²) in [4.78, 5) is 25.3. The number of benzene rings is 2. The van der Waals surface area contributed by atoms with Gasteiger partial charge in [-0.15, -0.1) is 0 Å². The molecule has 1 saturated heterocycles. The van der Waals surface area contributed by atoms with Crippen molar-refractivity contribution in [2.75, 3.05) is 13.2 Å². The van der Waals surface area contributed by atoms with Gasteiger partial charge in [-0.25, -0.2) is 4.68 Å². The molecule has 1 amide bonds. The number of nitrogens with zero attached hydrogens (tertiary/aromatic N) is 3. The van der Waals surface area contributed by atoms with Crippen molar-refractivity contribution in [3.8, 4) is 22.7 Å². The lowest BCUT2D eigenvalue weighted by atomic mass is 10.1. The van der Waals surface area contributed by atoms with E-state index in [2.05, 4.69) is 0 Å². The molecule has 1 aromatic heterocycles. The van der Waals surface area contributed by atoms with Crippen LogP contribution in [-0.4, -0.2) is 49.1 Å². The maximum atomic E-state index is 12.8. The minimum absolute atomic E-state index is 0.205. The molecule has 0 atom stereocenters. The molecule has 2 heterocycles. The molecule has 1 aliphatic heterocycles. The second-order valence-corrected chi connectivity index (χ2v) is 9.45. The van der Waals surface area contributed by atoms with Crippen LogP contribution in [0.5, 0.6) is 5.75 Å². The van der Waals surface area contributed by atoms with E-state index in [0.29, 0.717) is 33.5 Å². The summed E-state index contributed by atoms with van der Waals surface area (Å²) in [6.07, 6.45) is 4.35. The fourth-order valence-corrected chi connectivity index (χ4v) is 4.80. The van der Waals surface area contributed by atoms with Crippen LogP contribution in [0.1, 0.15) is 18.9 Å². The number of aliphatic carboxylic acids is 1. The number of thioether (sulfide) groups is 1. The predicted octanol–water partition coefficient (Wildman–Crippen LogP) is 5.27. The van der Waals surface area contributed by atoms with E-state index in [4.69, 9.17) is 38.8 Å². The molecule has 0 unspecified atom stereocenters. The lowest BCUT2D eigenvalue weighted by molar-refractivity contribution is -0.140. The monoisotopic (exact) mass is 513 g/mol. The first-order valence-corrected chi connectivity index (χ1v) is 12.0. The van der Waals surface area contributed by atoms with Gasteiger partial charge in [0.05, 0.1) is 22.2 Å². The number of carboxylic acids is 1. The average Bonchev–Trinajstić information content (AvgIpc) is 3.35. The van der Waals surface area contributed by atoms with Crippen molar-refractivity contribution in [1.82, 2.24) is 14.7 Å². The van der Waals surface area contributed by atoms with E-state index >= 15 is 0 Å². The Balaban J connectivity index is 1.77. The van der Waals surface area contributed by atoms with Crippen LogP contribution < -0.4 is 4.74 Å². The van der Waals surface area contributed by atoms with Crippen LogP contribution in [0, 0.1) is 0 Å². The zero-order chi connectivity index (χ0) is 24.2. The van der Waals surface area contributed by atoms with Crippen LogP contribution in [0.4, 0.5) is 0 Å². The first kappa shape index (κ1) is 24.0. The van der Waals surface area contributed by atoms with Crippen molar-refractivity contribution in [1.29, 1.82) is 0 Å². The number of aromatic nitrogens is 2. The van der Waals surface area contributed by atoms with Gasteiger partial charge in [-0.05, 0) is 42.8 Å². The highest BCUT2D eigenvalue weighted by molar-refractivity contribution is 8.26. The molecule has 1 N–H and O–H groups in total. The maximum absolute atomic E-state index is 12.8. The minimum atomic E-state index is -1.13. The van der Waals surface area contributed by atoms with Gasteiger partial charge in [-0.2, -0.15) is 5.10 Å². The van der Waals surface area contributed by atoms with E-state index in [1.807, 2.05) is 49.5 Å². The van der Waals surface area contributed by atoms with E-state index < -0.39 is 18.4 Å². The summed E-state index contributed by atoms with van der Waals surface area (Å²) in [5, 5.41) is 14.3. The third-order valence-electron chi connectivity index (χ3n) is 4.88. The number of carbonyl (C=O) groups excluding carboxylic acids is 1. The van der Waals surface area contributed by atoms with E-state index in [1.165, 1.54) is 0 Å². The first-order chi connectivity index (χ1) is 16.4. The van der Waals surface area contributed by atoms with Gasteiger partial charge in [-0.3, -0.25) is 14.5 Å². The summed E-state index contributed by atoms with van der Waals surface area (Å²) in [7, 11) is 0. The van der Waals surface area contributed by atoms with Crippen molar-refractivity contribution < 1.29 is 19.4 Å². The Morgan fingerprint density at radius 1 is 1.26 bits per heavy atom. The van der Waals surface area contributed by atoms with E-state index in [1.54, 1.807) is 22.9 Å². The van der Waals surface area contributed by atoms with Gasteiger partial charge in [0.25, 0.3) is 5.91 Å². The third-order valence-corrected chi connectivity index (χ3v) is 6.56. The number of amides is 1. The number of ether oxygens (including phenoxy) is 1. The van der Waals surface area contributed by atoms with Crippen LogP contribution in [0.3, 0.4) is 0 Å². The van der Waals surface area contributed by atoms with Crippen LogP contribution in [0.25, 0.3) is 23.0 Å². The Morgan fingerprint density at radius 3 is 2.71 bits per heavy atom. The Morgan fingerprint density at radius 2 is 2.03 bits per heavy atom. The quantitative estimate of drug-likeness (QED) is 0.324. The molecule has 0 saturated carbocycles. The molecule has 3 aromatic rings. The van der Waals surface area contributed by atoms with Crippen LogP contribution >= 0.6 is 35.6 Å². The second-order valence-electron chi connectivity index (χ2n) is 7.37. The number of hydrogen-bond acceptors (Lipinski definition) is 6. The molecular formula is C24H20ClN3O4S2. The fraction of sp³-hybridized carbons (Fsp3) is 0.167. The van der Waals surface area contributed by atoms with Crippen molar-refractivity contribution >= 4 is 57.9 Å². The van der Waals surface area contributed by atoms with Crippen LogP contribution in [-0.2, 0) is 9.59 Å². The van der Waals surface area contributed by atoms with Gasteiger partial charge in [0.2, 0.25) is 0 Å². The Hall–Kier alpha value is -3.14. The first-order valence-electron chi connectivity index (χ1n) is 10.4. The summed E-state index contributed by atoms with van der Waals surface area (Å²) in [5.41, 5.74) is 2.86. The van der Waals surface area contributed by atoms with E-state index in [9.17, 15) is 9.59 Å². The molecule has 0 bridgehead atoms. The number of thiocarbonyl (C=S) groups is 1. The normalized spacial score (nSPS) is 14.8. The topological polar surface area (TPSA) is 84.7 Å². The fourth-order valence-electron chi connectivity index (χ4n) is 3.32. The SMILES string of the molecule is CCCOc1ccc(-c2nn(-c3ccccc3)cc2C=C2SC(=S)N(CC(=O)O)C2=O)cc1Cl. The van der Waals surface area contributed by atoms with Gasteiger partial charge in [-0.1, -0.05) is 60.7 Å². The second kappa shape index (κ2) is 10.4. The number of hydrogen-bond donors (Lipinski definition) is 1. The molecule has 2 aromatic carbocycles. The van der Waals surface area contributed by atoms with Crippen molar-refractivity contribution in [2.24, 2.45) is 0 Å². The van der Waals surface area contributed by atoms with E-state index in [0.717, 1.165) is 34.3 Å². The molecule has 174 valence electrons. The molecular weight excluding hydrogens is 494 g/mol. The summed E-state index contributed by atoms with van der Waals surface area (Å²) < 4.78 is 7.59. The Bertz CT molecular complexity index is 1290. The molecule has 0 spiro atoms. The molecule has 7 nitrogen and oxygen atoms in total. The largest absolute Gasteiger partial charge is 0.492 e. The molecule has 34 heavy (non-hydrogen) atoms. The standard InChI is InChI=1S/C24H20ClN3O4S2/c1-2-10-32-19-9-8-15(11-18(19)25)22-16(13-28(26-22)17-6-4-3-5-7-17)12-20-23(31)27(14-21(29)30)24(33)34-20/h3-9,11-13H,2,10,14H2,1H3,(H,29,30). The summed E-state index contributed by atoms with van der Waals surface area (Å²) in [6.45, 7) is 2.10. The average molecular weight is 514 g/mol. The smallest absolute Gasteiger partial charge is 0.323 e. The predicted molar refractivity (Wildman–Crippen MR) is 137 cm³/mol.